The van der Waals surface area contributed by atoms with Crippen LogP contribution in [0.25, 0.3) is 0 Å². The lowest BCUT2D eigenvalue weighted by molar-refractivity contribution is -0.167. The van der Waals surface area contributed by atoms with E-state index in [1.54, 1.807) is 0 Å². The van der Waals surface area contributed by atoms with Crippen molar-refractivity contribution < 1.29 is 28.6 Å². The van der Waals surface area contributed by atoms with Crippen LogP contribution in [0.5, 0.6) is 0 Å². The second kappa shape index (κ2) is 53.5. The summed E-state index contributed by atoms with van der Waals surface area (Å²) in [4.78, 5) is 38.0. The lowest BCUT2D eigenvalue weighted by Gasteiger charge is -2.18. The summed E-state index contributed by atoms with van der Waals surface area (Å²) < 4.78 is 16.8. The van der Waals surface area contributed by atoms with E-state index in [1.807, 2.05) is 0 Å². The molecule has 0 spiro atoms. The standard InChI is InChI=1S/C59H102O6/c1-4-7-10-13-16-19-22-25-27-29-31-34-36-39-42-45-48-51-57(60)63-54-56(65-59(62)53-50-47-44-41-38-33-24-21-18-15-12-9-6-3)55-64-58(61)52-49-46-43-40-37-35-32-30-28-26-23-20-17-14-11-8-5-2/h16,19,21,24-28,32,35,40,43,56H,4-15,17-18,20,22-23,29-31,33-34,36-39,41-42,44-55H2,1-3H3/b19-16-,24-21-,27-25-,28-26-,35-32-,43-40-/t56-/m1/s1. The predicted molar refractivity (Wildman–Crippen MR) is 279 cm³/mol. The molecule has 0 bridgehead atoms. The Balaban J connectivity index is 4.46. The van der Waals surface area contributed by atoms with Crippen molar-refractivity contribution in [2.75, 3.05) is 13.2 Å². The number of esters is 3. The average molecular weight is 907 g/mol. The zero-order valence-corrected chi connectivity index (χ0v) is 42.7. The van der Waals surface area contributed by atoms with Gasteiger partial charge in [-0.05, 0) is 109 Å². The van der Waals surface area contributed by atoms with Gasteiger partial charge < -0.3 is 14.2 Å². The van der Waals surface area contributed by atoms with Crippen molar-refractivity contribution >= 4 is 17.9 Å². The van der Waals surface area contributed by atoms with Gasteiger partial charge in [-0.25, -0.2) is 0 Å². The molecular weight excluding hydrogens is 805 g/mol. The molecule has 0 fully saturated rings. The average Bonchev–Trinajstić information content (AvgIpc) is 3.30. The highest BCUT2D eigenvalue weighted by Gasteiger charge is 2.19. The molecule has 0 aliphatic heterocycles. The molecule has 0 aromatic rings. The second-order valence-electron chi connectivity index (χ2n) is 18.1. The van der Waals surface area contributed by atoms with Gasteiger partial charge in [-0.2, -0.15) is 0 Å². The number of rotatable bonds is 49. The third-order valence-electron chi connectivity index (χ3n) is 11.7. The number of hydrogen-bond donors (Lipinski definition) is 0. The molecule has 0 amide bonds. The smallest absolute Gasteiger partial charge is 0.306 e. The minimum absolute atomic E-state index is 0.0984. The molecule has 0 aromatic heterocycles. The predicted octanol–water partition coefficient (Wildman–Crippen LogP) is 18.2. The van der Waals surface area contributed by atoms with Crippen molar-refractivity contribution in [2.45, 2.75) is 271 Å². The van der Waals surface area contributed by atoms with Crippen molar-refractivity contribution in [3.8, 4) is 0 Å². The first-order valence-electron chi connectivity index (χ1n) is 27.4. The van der Waals surface area contributed by atoms with Gasteiger partial charge in [-0.15, -0.1) is 0 Å². The van der Waals surface area contributed by atoms with Crippen molar-refractivity contribution in [1.82, 2.24) is 0 Å². The summed E-state index contributed by atoms with van der Waals surface area (Å²) >= 11 is 0. The molecule has 0 saturated heterocycles. The summed E-state index contributed by atoms with van der Waals surface area (Å²) in [5.74, 6) is -0.965. The molecule has 1 atom stereocenters. The second-order valence-corrected chi connectivity index (χ2v) is 18.1. The summed E-state index contributed by atoms with van der Waals surface area (Å²) in [6, 6.07) is 0. The topological polar surface area (TPSA) is 78.9 Å². The van der Waals surface area contributed by atoms with Crippen LogP contribution in [0.3, 0.4) is 0 Å². The highest BCUT2D eigenvalue weighted by molar-refractivity contribution is 5.71. The number of carbonyl (C=O) groups is 3. The van der Waals surface area contributed by atoms with Crippen LogP contribution >= 0.6 is 0 Å². The third kappa shape index (κ3) is 51.7. The van der Waals surface area contributed by atoms with Crippen LogP contribution in [0.4, 0.5) is 0 Å². The maximum atomic E-state index is 12.8. The first-order chi connectivity index (χ1) is 32.0. The fraction of sp³-hybridized carbons (Fsp3) is 0.746. The monoisotopic (exact) mass is 907 g/mol. The Kier molecular flexibility index (Phi) is 50.9. The highest BCUT2D eigenvalue weighted by Crippen LogP contribution is 2.14. The van der Waals surface area contributed by atoms with Gasteiger partial charge in [0.25, 0.3) is 0 Å². The van der Waals surface area contributed by atoms with Crippen molar-refractivity contribution in [3.63, 3.8) is 0 Å². The van der Waals surface area contributed by atoms with E-state index in [0.29, 0.717) is 19.3 Å². The van der Waals surface area contributed by atoms with Gasteiger partial charge in [0.1, 0.15) is 13.2 Å². The summed E-state index contributed by atoms with van der Waals surface area (Å²) in [6.45, 7) is 6.54. The molecule has 0 heterocycles. The van der Waals surface area contributed by atoms with Gasteiger partial charge in [0.2, 0.25) is 0 Å². The van der Waals surface area contributed by atoms with Crippen molar-refractivity contribution in [2.24, 2.45) is 0 Å². The van der Waals surface area contributed by atoms with Crippen LogP contribution in [0, 0.1) is 0 Å². The minimum Gasteiger partial charge on any atom is -0.462 e. The molecule has 0 unspecified atom stereocenters. The Morgan fingerprint density at radius 2 is 0.569 bits per heavy atom. The number of carbonyl (C=O) groups excluding carboxylic acids is 3. The largest absolute Gasteiger partial charge is 0.462 e. The van der Waals surface area contributed by atoms with E-state index in [1.165, 1.54) is 135 Å². The van der Waals surface area contributed by atoms with E-state index in [2.05, 4.69) is 93.7 Å². The number of ether oxygens (including phenoxy) is 3. The molecule has 374 valence electrons. The van der Waals surface area contributed by atoms with E-state index in [-0.39, 0.29) is 37.5 Å². The van der Waals surface area contributed by atoms with Crippen LogP contribution in [-0.4, -0.2) is 37.2 Å². The quantitative estimate of drug-likeness (QED) is 0.0262. The Hall–Kier alpha value is -3.15. The highest BCUT2D eigenvalue weighted by atomic mass is 16.6. The molecule has 0 aliphatic carbocycles. The summed E-state index contributed by atoms with van der Waals surface area (Å²) in [6.07, 6.45) is 67.5. The molecule has 0 rings (SSSR count). The van der Waals surface area contributed by atoms with E-state index in [4.69, 9.17) is 14.2 Å². The van der Waals surface area contributed by atoms with Gasteiger partial charge in [0, 0.05) is 19.3 Å². The maximum absolute atomic E-state index is 12.8. The number of allylic oxidation sites excluding steroid dienone is 12. The number of unbranched alkanes of at least 4 members (excludes halogenated alkanes) is 26. The van der Waals surface area contributed by atoms with Gasteiger partial charge in [-0.3, -0.25) is 14.4 Å². The SMILES string of the molecule is CCCCC/C=C\C/C=C\CCCCCCCCCC(=O)OC[C@H](COC(=O)CCC/C=C\C/C=C\C/C=C\CCCCCCCC)OC(=O)CCCCCCC/C=C\CCCCCC. The first kappa shape index (κ1) is 61.9. The Bertz CT molecular complexity index is 1230. The molecule has 0 saturated carbocycles. The molecule has 0 aromatic carbocycles. The maximum Gasteiger partial charge on any atom is 0.306 e. The Labute approximate surface area is 402 Å². The van der Waals surface area contributed by atoms with Gasteiger partial charge in [0.15, 0.2) is 6.10 Å². The Morgan fingerprint density at radius 1 is 0.308 bits per heavy atom. The van der Waals surface area contributed by atoms with Gasteiger partial charge in [0.05, 0.1) is 0 Å². The van der Waals surface area contributed by atoms with E-state index < -0.39 is 6.10 Å². The van der Waals surface area contributed by atoms with Crippen LogP contribution < -0.4 is 0 Å². The van der Waals surface area contributed by atoms with E-state index in [9.17, 15) is 14.4 Å². The zero-order chi connectivity index (χ0) is 47.2. The third-order valence-corrected chi connectivity index (χ3v) is 11.7. The van der Waals surface area contributed by atoms with E-state index in [0.717, 1.165) is 83.5 Å². The molecule has 0 aliphatic rings. The molecular formula is C59H102O6. The molecule has 6 heteroatoms. The summed E-state index contributed by atoms with van der Waals surface area (Å²) in [5, 5.41) is 0. The fourth-order valence-electron chi connectivity index (χ4n) is 7.48. The normalized spacial score (nSPS) is 12.6. The molecule has 0 N–H and O–H groups in total. The molecule has 6 nitrogen and oxygen atoms in total. The van der Waals surface area contributed by atoms with Crippen molar-refractivity contribution in [3.05, 3.63) is 72.9 Å². The first-order valence-corrected chi connectivity index (χ1v) is 27.4. The molecule has 0 radical (unpaired) electrons. The summed E-state index contributed by atoms with van der Waals surface area (Å²) in [7, 11) is 0. The van der Waals surface area contributed by atoms with Crippen LogP contribution in [0.2, 0.25) is 0 Å². The number of hydrogen-bond acceptors (Lipinski definition) is 6. The van der Waals surface area contributed by atoms with Crippen LogP contribution in [0.15, 0.2) is 72.9 Å². The van der Waals surface area contributed by atoms with E-state index >= 15 is 0 Å². The minimum atomic E-state index is -0.803. The van der Waals surface area contributed by atoms with Gasteiger partial charge >= 0.3 is 17.9 Å². The zero-order valence-electron chi connectivity index (χ0n) is 42.7. The lowest BCUT2D eigenvalue weighted by Crippen LogP contribution is -2.30. The van der Waals surface area contributed by atoms with Crippen LogP contribution in [0.1, 0.15) is 265 Å². The van der Waals surface area contributed by atoms with Crippen LogP contribution in [-0.2, 0) is 28.6 Å². The lowest BCUT2D eigenvalue weighted by atomic mass is 10.1. The van der Waals surface area contributed by atoms with Gasteiger partial charge in [-0.1, -0.05) is 209 Å². The molecule has 65 heavy (non-hydrogen) atoms. The summed E-state index contributed by atoms with van der Waals surface area (Å²) in [5.41, 5.74) is 0. The van der Waals surface area contributed by atoms with Crippen molar-refractivity contribution in [1.29, 1.82) is 0 Å². The Morgan fingerprint density at radius 3 is 0.985 bits per heavy atom. The fourth-order valence-corrected chi connectivity index (χ4v) is 7.48.